The van der Waals surface area contributed by atoms with Crippen LogP contribution in [0.4, 0.5) is 0 Å². The zero-order valence-electron chi connectivity index (χ0n) is 23.8. The third kappa shape index (κ3) is 7.84. The molecule has 2 saturated heterocycles. The molecule has 3 aliphatic rings. The van der Waals surface area contributed by atoms with Gasteiger partial charge in [-0.2, -0.15) is 0 Å². The van der Waals surface area contributed by atoms with Gasteiger partial charge in [-0.3, -0.25) is 9.69 Å². The lowest BCUT2D eigenvalue weighted by Crippen LogP contribution is -2.44. The van der Waals surface area contributed by atoms with Gasteiger partial charge in [-0.05, 0) is 79.3 Å². The van der Waals surface area contributed by atoms with Crippen molar-refractivity contribution < 1.29 is 29.3 Å². The summed E-state index contributed by atoms with van der Waals surface area (Å²) in [5.74, 6) is -2.10. The molecular weight excluding hydrogens is 508 g/mol. The second kappa shape index (κ2) is 12.4. The van der Waals surface area contributed by atoms with Gasteiger partial charge in [0.25, 0.3) is 0 Å². The van der Waals surface area contributed by atoms with Crippen LogP contribution < -0.4 is 4.74 Å². The number of nitrogens with zero attached hydrogens (tertiary/aromatic N) is 2. The van der Waals surface area contributed by atoms with E-state index in [-0.39, 0.29) is 5.92 Å². The Bertz CT molecular complexity index is 1160. The third-order valence-electron chi connectivity index (χ3n) is 8.40. The van der Waals surface area contributed by atoms with Crippen LogP contribution in [0.1, 0.15) is 64.0 Å². The molecule has 2 heterocycles. The van der Waals surface area contributed by atoms with E-state index in [0.29, 0.717) is 29.4 Å². The van der Waals surface area contributed by atoms with E-state index < -0.39 is 11.9 Å². The lowest BCUT2D eigenvalue weighted by Gasteiger charge is -2.40. The summed E-state index contributed by atoms with van der Waals surface area (Å²) in [6, 6.07) is 19.2. The van der Waals surface area contributed by atoms with Crippen LogP contribution in [0.25, 0.3) is 0 Å². The predicted octanol–water partition coefficient (Wildman–Crippen LogP) is 5.06. The van der Waals surface area contributed by atoms with E-state index in [0.717, 1.165) is 51.2 Å². The van der Waals surface area contributed by atoms with Crippen LogP contribution in [0, 0.1) is 16.7 Å². The van der Waals surface area contributed by atoms with Gasteiger partial charge >= 0.3 is 11.9 Å². The van der Waals surface area contributed by atoms with Crippen LogP contribution in [0.15, 0.2) is 54.6 Å². The molecule has 2 aromatic carbocycles. The van der Waals surface area contributed by atoms with Gasteiger partial charge in [0.2, 0.25) is 5.91 Å². The predicted molar refractivity (Wildman–Crippen MR) is 152 cm³/mol. The Morgan fingerprint density at radius 3 is 2.10 bits per heavy atom. The Labute approximate surface area is 236 Å². The first-order valence-corrected chi connectivity index (χ1v) is 14.2. The van der Waals surface area contributed by atoms with Gasteiger partial charge in [-0.1, -0.05) is 63.2 Å². The molecule has 0 spiro atoms. The summed E-state index contributed by atoms with van der Waals surface area (Å²) in [6.45, 7) is 11.7. The van der Waals surface area contributed by atoms with Crippen molar-refractivity contribution in [2.75, 3.05) is 19.6 Å². The molecule has 2 bridgehead atoms. The van der Waals surface area contributed by atoms with Crippen molar-refractivity contribution in [1.29, 1.82) is 0 Å². The Kier molecular flexibility index (Phi) is 9.19. The maximum absolute atomic E-state index is 13.5. The Balaban J connectivity index is 0.000000557. The molecule has 8 nitrogen and oxygen atoms in total. The SMILES string of the molecule is CC1(C)CC2CC(C)(CN2C(=O)C2CCN(Cc3ccc(OCc4ccccc4)cc3)CC2)C1.O=C(O)C(=O)O. The first-order valence-electron chi connectivity index (χ1n) is 14.2. The van der Waals surface area contributed by atoms with Gasteiger partial charge in [0.15, 0.2) is 0 Å². The third-order valence-corrected chi connectivity index (χ3v) is 8.40. The molecule has 2 aliphatic heterocycles. The smallest absolute Gasteiger partial charge is 0.414 e. The number of carboxylic acid groups (broad SMARTS) is 2. The molecule has 216 valence electrons. The number of carbonyl (C=O) groups excluding carboxylic acids is 1. The van der Waals surface area contributed by atoms with Gasteiger partial charge in [0.05, 0.1) is 0 Å². The molecule has 2 unspecified atom stereocenters. The number of hydrogen-bond acceptors (Lipinski definition) is 5. The maximum Gasteiger partial charge on any atom is 0.414 e. The molecule has 1 amide bonds. The minimum absolute atomic E-state index is 0.205. The Morgan fingerprint density at radius 1 is 0.875 bits per heavy atom. The number of ether oxygens (including phenoxy) is 1. The lowest BCUT2D eigenvalue weighted by atomic mass is 9.65. The highest BCUT2D eigenvalue weighted by Crippen LogP contribution is 2.52. The standard InChI is InChI=1S/C30H40N2O2.C2H2O4/c1-29(2)17-26-18-30(3,21-29)22-32(26)28(33)25-13-15-31(16-14-25)19-23-9-11-27(12-10-23)34-20-24-7-5-4-6-8-24;3-1(4)2(5)6/h4-12,25-26H,13-22H2,1-3H3;(H,3,4)(H,5,6). The highest BCUT2D eigenvalue weighted by atomic mass is 16.5. The molecule has 3 fully saturated rings. The van der Waals surface area contributed by atoms with Crippen molar-refractivity contribution in [3.63, 3.8) is 0 Å². The number of fused-ring (bicyclic) bond motifs is 2. The number of amides is 1. The average molecular weight is 551 g/mol. The minimum Gasteiger partial charge on any atom is -0.489 e. The zero-order chi connectivity index (χ0) is 28.9. The van der Waals surface area contributed by atoms with Crippen molar-refractivity contribution in [3.05, 3.63) is 65.7 Å². The second-order valence-electron chi connectivity index (χ2n) is 12.8. The van der Waals surface area contributed by atoms with Gasteiger partial charge in [-0.15, -0.1) is 0 Å². The van der Waals surface area contributed by atoms with Gasteiger partial charge in [-0.25, -0.2) is 9.59 Å². The van der Waals surface area contributed by atoms with Crippen molar-refractivity contribution in [3.8, 4) is 5.75 Å². The number of hydrogen-bond donors (Lipinski definition) is 2. The number of likely N-dealkylation sites (tertiary alicyclic amines) is 2. The zero-order valence-corrected chi connectivity index (χ0v) is 23.8. The van der Waals surface area contributed by atoms with Crippen LogP contribution in [-0.2, 0) is 27.5 Å². The fourth-order valence-corrected chi connectivity index (χ4v) is 6.98. The van der Waals surface area contributed by atoms with E-state index in [1.54, 1.807) is 0 Å². The second-order valence-corrected chi connectivity index (χ2v) is 12.8. The van der Waals surface area contributed by atoms with Gasteiger partial charge in [0.1, 0.15) is 12.4 Å². The lowest BCUT2D eigenvalue weighted by molar-refractivity contribution is -0.159. The normalized spacial score (nSPS) is 24.1. The summed E-state index contributed by atoms with van der Waals surface area (Å²) >= 11 is 0. The molecular formula is C32H42N2O6. The molecule has 0 radical (unpaired) electrons. The van der Waals surface area contributed by atoms with Crippen LogP contribution in [0.3, 0.4) is 0 Å². The van der Waals surface area contributed by atoms with E-state index in [1.807, 2.05) is 18.2 Å². The summed E-state index contributed by atoms with van der Waals surface area (Å²) in [5, 5.41) is 14.8. The number of carboxylic acids is 2. The van der Waals surface area contributed by atoms with E-state index in [1.165, 1.54) is 24.0 Å². The minimum atomic E-state index is -1.82. The summed E-state index contributed by atoms with van der Waals surface area (Å²) in [4.78, 5) is 36.4. The first-order chi connectivity index (χ1) is 18.9. The summed E-state index contributed by atoms with van der Waals surface area (Å²) in [6.07, 6.45) is 5.58. The van der Waals surface area contributed by atoms with Crippen molar-refractivity contribution >= 4 is 17.8 Å². The van der Waals surface area contributed by atoms with Crippen molar-refractivity contribution in [1.82, 2.24) is 9.80 Å². The Morgan fingerprint density at radius 2 is 1.50 bits per heavy atom. The fraction of sp³-hybridized carbons (Fsp3) is 0.531. The molecule has 2 aromatic rings. The first kappa shape index (κ1) is 29.6. The number of aliphatic carboxylic acids is 2. The van der Waals surface area contributed by atoms with Crippen LogP contribution in [0.2, 0.25) is 0 Å². The van der Waals surface area contributed by atoms with Crippen LogP contribution in [0.5, 0.6) is 5.75 Å². The molecule has 2 N–H and O–H groups in total. The largest absolute Gasteiger partial charge is 0.489 e. The van der Waals surface area contributed by atoms with Crippen molar-refractivity contribution in [2.24, 2.45) is 16.7 Å². The van der Waals surface area contributed by atoms with Crippen LogP contribution in [-0.4, -0.2) is 63.5 Å². The number of benzene rings is 2. The number of rotatable bonds is 6. The number of carbonyl (C=O) groups is 3. The summed E-state index contributed by atoms with van der Waals surface area (Å²) in [5.41, 5.74) is 3.16. The molecule has 8 heteroatoms. The van der Waals surface area contributed by atoms with Crippen LogP contribution >= 0.6 is 0 Å². The van der Waals surface area contributed by atoms with E-state index >= 15 is 0 Å². The van der Waals surface area contributed by atoms with Gasteiger partial charge in [0, 0.05) is 25.0 Å². The molecule has 1 saturated carbocycles. The summed E-state index contributed by atoms with van der Waals surface area (Å²) < 4.78 is 5.92. The molecule has 2 atom stereocenters. The van der Waals surface area contributed by atoms with Gasteiger partial charge < -0.3 is 19.8 Å². The fourth-order valence-electron chi connectivity index (χ4n) is 6.98. The highest BCUT2D eigenvalue weighted by molar-refractivity contribution is 6.27. The Hall–Kier alpha value is -3.39. The van der Waals surface area contributed by atoms with E-state index in [2.05, 4.69) is 67.0 Å². The quantitative estimate of drug-likeness (QED) is 0.484. The summed E-state index contributed by atoms with van der Waals surface area (Å²) in [7, 11) is 0. The van der Waals surface area contributed by atoms with E-state index in [9.17, 15) is 4.79 Å². The average Bonchev–Trinajstić information content (AvgIpc) is 3.17. The highest BCUT2D eigenvalue weighted by Gasteiger charge is 2.51. The molecule has 5 rings (SSSR count). The topological polar surface area (TPSA) is 107 Å². The molecule has 1 aliphatic carbocycles. The molecule has 40 heavy (non-hydrogen) atoms. The molecule has 0 aromatic heterocycles. The monoisotopic (exact) mass is 550 g/mol. The van der Waals surface area contributed by atoms with Crippen molar-refractivity contribution in [2.45, 2.75) is 72.1 Å². The van der Waals surface area contributed by atoms with E-state index in [4.69, 9.17) is 24.5 Å². The maximum atomic E-state index is 13.5. The number of piperidine rings is 1.